The van der Waals surface area contributed by atoms with Crippen molar-refractivity contribution in [1.29, 1.82) is 0 Å². The summed E-state index contributed by atoms with van der Waals surface area (Å²) in [4.78, 5) is 12.2. The average molecular weight is 346 g/mol. The van der Waals surface area contributed by atoms with E-state index in [4.69, 9.17) is 16.3 Å². The molecule has 7 heteroatoms. The molecule has 0 radical (unpaired) electrons. The van der Waals surface area contributed by atoms with Gasteiger partial charge in [-0.15, -0.1) is 0 Å². The lowest BCUT2D eigenvalue weighted by molar-refractivity contribution is -0.128. The molecule has 22 heavy (non-hydrogen) atoms. The van der Waals surface area contributed by atoms with Crippen molar-refractivity contribution in [1.82, 2.24) is 5.32 Å². The molecule has 1 fully saturated rings. The molecule has 2 rings (SSSR count). The van der Waals surface area contributed by atoms with E-state index in [-0.39, 0.29) is 17.4 Å². The first-order chi connectivity index (χ1) is 10.1. The highest BCUT2D eigenvalue weighted by molar-refractivity contribution is 7.91. The van der Waals surface area contributed by atoms with Gasteiger partial charge in [-0.2, -0.15) is 0 Å². The minimum absolute atomic E-state index is 0.0293. The molecule has 1 aliphatic heterocycles. The number of sulfone groups is 1. The van der Waals surface area contributed by atoms with Crippen molar-refractivity contribution in [2.75, 3.05) is 11.5 Å². The lowest BCUT2D eigenvalue weighted by Crippen LogP contribution is -2.51. The maximum Gasteiger partial charge on any atom is 0.261 e. The molecule has 1 heterocycles. The number of hydrogen-bond donors (Lipinski definition) is 1. The Hall–Kier alpha value is -1.27. The summed E-state index contributed by atoms with van der Waals surface area (Å²) in [6.45, 7) is 5.22. The minimum atomic E-state index is -3.07. The number of halogens is 1. The van der Waals surface area contributed by atoms with Gasteiger partial charge in [-0.1, -0.05) is 11.6 Å². The molecule has 1 N–H and O–H groups in total. The summed E-state index contributed by atoms with van der Waals surface area (Å²) in [5, 5.41) is 3.39. The second-order valence-electron chi connectivity index (χ2n) is 6.06. The highest BCUT2D eigenvalue weighted by Crippen LogP contribution is 2.25. The highest BCUT2D eigenvalue weighted by Gasteiger charge is 2.40. The molecular formula is C15H20ClNO4S. The molecule has 2 unspecified atom stereocenters. The SMILES string of the molecule is Cc1cc(Cl)ccc1OC(C)C(=O)NC1(C)CCS(=O)(=O)C1. The van der Waals surface area contributed by atoms with Crippen molar-refractivity contribution >= 4 is 27.3 Å². The number of ether oxygens (including phenoxy) is 1. The van der Waals surface area contributed by atoms with Crippen molar-refractivity contribution in [3.05, 3.63) is 28.8 Å². The number of amides is 1. The van der Waals surface area contributed by atoms with Gasteiger partial charge in [0, 0.05) is 5.02 Å². The molecule has 0 bridgehead atoms. The first-order valence-electron chi connectivity index (χ1n) is 7.05. The second-order valence-corrected chi connectivity index (χ2v) is 8.68. The summed E-state index contributed by atoms with van der Waals surface area (Å²) < 4.78 is 28.8. The van der Waals surface area contributed by atoms with E-state index >= 15 is 0 Å². The molecule has 1 saturated heterocycles. The molecule has 0 spiro atoms. The Bertz CT molecular complexity index is 689. The number of carbonyl (C=O) groups excluding carboxylic acids is 1. The molecule has 1 aromatic carbocycles. The highest BCUT2D eigenvalue weighted by atomic mass is 35.5. The molecule has 1 amide bonds. The van der Waals surface area contributed by atoms with E-state index in [1.54, 1.807) is 32.0 Å². The van der Waals surface area contributed by atoms with E-state index in [1.165, 1.54) is 0 Å². The monoisotopic (exact) mass is 345 g/mol. The van der Waals surface area contributed by atoms with E-state index in [0.717, 1.165) is 5.56 Å². The second kappa shape index (κ2) is 6.08. The molecule has 0 aromatic heterocycles. The first kappa shape index (κ1) is 17.1. The Kier molecular flexibility index (Phi) is 4.73. The predicted molar refractivity (Wildman–Crippen MR) is 86.1 cm³/mol. The van der Waals surface area contributed by atoms with Crippen LogP contribution in [0.3, 0.4) is 0 Å². The lowest BCUT2D eigenvalue weighted by Gasteiger charge is -2.26. The van der Waals surface area contributed by atoms with Crippen LogP contribution in [0.1, 0.15) is 25.8 Å². The van der Waals surface area contributed by atoms with Crippen LogP contribution in [0.2, 0.25) is 5.02 Å². The van der Waals surface area contributed by atoms with Crippen LogP contribution in [-0.2, 0) is 14.6 Å². The van der Waals surface area contributed by atoms with Gasteiger partial charge in [-0.25, -0.2) is 8.42 Å². The fraction of sp³-hybridized carbons (Fsp3) is 0.533. The van der Waals surface area contributed by atoms with Crippen molar-refractivity contribution in [2.45, 2.75) is 38.8 Å². The number of nitrogens with one attached hydrogen (secondary N) is 1. The Morgan fingerprint density at radius 1 is 1.45 bits per heavy atom. The van der Waals surface area contributed by atoms with E-state index in [2.05, 4.69) is 5.32 Å². The van der Waals surface area contributed by atoms with Crippen LogP contribution in [0.4, 0.5) is 0 Å². The summed E-state index contributed by atoms with van der Waals surface area (Å²) in [5.41, 5.74) is 0.115. The van der Waals surface area contributed by atoms with Crippen LogP contribution in [0, 0.1) is 6.92 Å². The van der Waals surface area contributed by atoms with Gasteiger partial charge in [0.05, 0.1) is 17.0 Å². The van der Waals surface area contributed by atoms with Crippen LogP contribution in [-0.4, -0.2) is 37.5 Å². The van der Waals surface area contributed by atoms with E-state index < -0.39 is 21.5 Å². The van der Waals surface area contributed by atoms with Gasteiger partial charge in [-0.05, 0) is 51.0 Å². The van der Waals surface area contributed by atoms with Gasteiger partial charge < -0.3 is 10.1 Å². The quantitative estimate of drug-likeness (QED) is 0.907. The van der Waals surface area contributed by atoms with Gasteiger partial charge in [0.2, 0.25) is 0 Å². The predicted octanol–water partition coefficient (Wildman–Crippen LogP) is 2.11. The van der Waals surface area contributed by atoms with Gasteiger partial charge >= 0.3 is 0 Å². The maximum absolute atomic E-state index is 12.2. The van der Waals surface area contributed by atoms with E-state index in [0.29, 0.717) is 17.2 Å². The zero-order chi connectivity index (χ0) is 16.5. The number of aryl methyl sites for hydroxylation is 1. The van der Waals surface area contributed by atoms with Crippen LogP contribution in [0.25, 0.3) is 0 Å². The normalized spacial score (nSPS) is 24.7. The fourth-order valence-corrected chi connectivity index (χ4v) is 4.82. The summed E-state index contributed by atoms with van der Waals surface area (Å²) in [7, 11) is -3.07. The van der Waals surface area contributed by atoms with E-state index in [1.807, 2.05) is 6.92 Å². The minimum Gasteiger partial charge on any atom is -0.481 e. The molecular weight excluding hydrogens is 326 g/mol. The van der Waals surface area contributed by atoms with Crippen LogP contribution >= 0.6 is 11.6 Å². The zero-order valence-electron chi connectivity index (χ0n) is 12.8. The van der Waals surface area contributed by atoms with Gasteiger partial charge in [0.25, 0.3) is 5.91 Å². The smallest absolute Gasteiger partial charge is 0.261 e. The topological polar surface area (TPSA) is 72.5 Å². The summed E-state index contributed by atoms with van der Waals surface area (Å²) in [5.74, 6) is 0.332. The Labute approximate surface area is 135 Å². The van der Waals surface area contributed by atoms with Crippen LogP contribution in [0.5, 0.6) is 5.75 Å². The Morgan fingerprint density at radius 2 is 2.14 bits per heavy atom. The van der Waals surface area contributed by atoms with Crippen molar-refractivity contribution < 1.29 is 17.9 Å². The molecule has 0 aliphatic carbocycles. The molecule has 1 aliphatic rings. The third kappa shape index (κ3) is 4.14. The fourth-order valence-electron chi connectivity index (χ4n) is 2.50. The molecule has 2 atom stereocenters. The standard InChI is InChI=1S/C15H20ClNO4S/c1-10-8-12(16)4-5-13(10)21-11(2)14(18)17-15(3)6-7-22(19,20)9-15/h4-5,8,11H,6-7,9H2,1-3H3,(H,17,18). The third-order valence-corrected chi connectivity index (χ3v) is 5.88. The van der Waals surface area contributed by atoms with Crippen molar-refractivity contribution in [2.24, 2.45) is 0 Å². The maximum atomic E-state index is 12.2. The van der Waals surface area contributed by atoms with Crippen LogP contribution in [0.15, 0.2) is 18.2 Å². The van der Waals surface area contributed by atoms with Gasteiger partial charge in [0.1, 0.15) is 5.75 Å². The lowest BCUT2D eigenvalue weighted by atomic mass is 10.0. The number of carbonyl (C=O) groups is 1. The average Bonchev–Trinajstić information content (AvgIpc) is 2.66. The zero-order valence-corrected chi connectivity index (χ0v) is 14.4. The number of rotatable bonds is 4. The largest absolute Gasteiger partial charge is 0.481 e. The third-order valence-electron chi connectivity index (χ3n) is 3.74. The van der Waals surface area contributed by atoms with Gasteiger partial charge in [0.15, 0.2) is 15.9 Å². The molecule has 5 nitrogen and oxygen atoms in total. The van der Waals surface area contributed by atoms with E-state index in [9.17, 15) is 13.2 Å². The Balaban J connectivity index is 2.01. The van der Waals surface area contributed by atoms with Gasteiger partial charge in [-0.3, -0.25) is 4.79 Å². The molecule has 122 valence electrons. The number of benzene rings is 1. The summed E-state index contributed by atoms with van der Waals surface area (Å²) in [6.07, 6.45) is -0.298. The molecule has 0 saturated carbocycles. The Morgan fingerprint density at radius 3 is 2.68 bits per heavy atom. The summed E-state index contributed by atoms with van der Waals surface area (Å²) in [6, 6.07) is 5.16. The van der Waals surface area contributed by atoms with Crippen molar-refractivity contribution in [3.8, 4) is 5.75 Å². The number of hydrogen-bond acceptors (Lipinski definition) is 4. The van der Waals surface area contributed by atoms with Crippen LogP contribution < -0.4 is 10.1 Å². The first-order valence-corrected chi connectivity index (χ1v) is 9.25. The summed E-state index contributed by atoms with van der Waals surface area (Å²) >= 11 is 5.88. The van der Waals surface area contributed by atoms with Crippen molar-refractivity contribution in [3.63, 3.8) is 0 Å². The molecule has 1 aromatic rings.